The monoisotopic (exact) mass is 230 g/mol. The molecule has 0 saturated heterocycles. The molecule has 86 valence electrons. The van der Waals surface area contributed by atoms with Crippen LogP contribution in [0.5, 0.6) is 11.5 Å². The number of carbonyl (C=O) groups excluding carboxylic acids is 1. The Bertz CT molecular complexity index is 548. The van der Waals surface area contributed by atoms with Gasteiger partial charge in [0.25, 0.3) is 0 Å². The molecule has 1 aromatic rings. The minimum absolute atomic E-state index is 0.0386. The van der Waals surface area contributed by atoms with Gasteiger partial charge in [-0.05, 0) is 0 Å². The lowest BCUT2D eigenvalue weighted by Gasteiger charge is -2.08. The summed E-state index contributed by atoms with van der Waals surface area (Å²) in [6.45, 7) is 0.0845. The van der Waals surface area contributed by atoms with Crippen LogP contribution in [0.2, 0.25) is 0 Å². The Kier molecular flexibility index (Phi) is 4.10. The smallest absolute Gasteiger partial charge is 0.155 e. The largest absolute Gasteiger partial charge is 0.507 e. The molecule has 0 bridgehead atoms. The van der Waals surface area contributed by atoms with E-state index < -0.39 is 0 Å². The highest BCUT2D eigenvalue weighted by atomic mass is 16.5. The summed E-state index contributed by atoms with van der Waals surface area (Å²) in [6.07, 6.45) is 0.441. The molecule has 0 spiro atoms. The van der Waals surface area contributed by atoms with Crippen molar-refractivity contribution >= 4 is 6.29 Å². The number of aromatic hydroxyl groups is 1. The molecule has 0 atom stereocenters. The number of phenols is 1. The summed E-state index contributed by atoms with van der Waals surface area (Å²) in [4.78, 5) is 10.9. The lowest BCUT2D eigenvalue weighted by atomic mass is 10.0. The number of carbonyl (C=O) groups is 1. The fraction of sp³-hybridized carbons (Fsp3) is 0.167. The third-order valence-electron chi connectivity index (χ3n) is 2.07. The molecular formula is C12H10N2O3. The number of hydrogen-bond acceptors (Lipinski definition) is 5. The van der Waals surface area contributed by atoms with E-state index in [1.807, 2.05) is 6.07 Å². The maximum atomic E-state index is 10.9. The zero-order valence-electron chi connectivity index (χ0n) is 9.15. The van der Waals surface area contributed by atoms with E-state index in [9.17, 15) is 9.90 Å². The molecular weight excluding hydrogens is 220 g/mol. The number of rotatable bonds is 2. The summed E-state index contributed by atoms with van der Waals surface area (Å²) in [7, 11) is 1.36. The van der Waals surface area contributed by atoms with Gasteiger partial charge < -0.3 is 15.6 Å². The average Bonchev–Trinajstić information content (AvgIpc) is 2.35. The fourth-order valence-electron chi connectivity index (χ4n) is 1.32. The summed E-state index contributed by atoms with van der Waals surface area (Å²) >= 11 is 0. The lowest BCUT2D eigenvalue weighted by Crippen LogP contribution is -1.99. The lowest BCUT2D eigenvalue weighted by molar-refractivity contribution is 0.112. The second-order valence-electron chi connectivity index (χ2n) is 3.00. The number of methoxy groups -OCH3 is 1. The van der Waals surface area contributed by atoms with E-state index in [4.69, 9.17) is 15.7 Å². The molecule has 0 unspecified atom stereocenters. The Morgan fingerprint density at radius 2 is 2.29 bits per heavy atom. The molecule has 0 aliphatic carbocycles. The van der Waals surface area contributed by atoms with Crippen molar-refractivity contribution in [3.63, 3.8) is 0 Å². The summed E-state index contributed by atoms with van der Waals surface area (Å²) in [5, 5.41) is 18.6. The quantitative estimate of drug-likeness (QED) is 0.566. The van der Waals surface area contributed by atoms with Crippen LogP contribution in [0.3, 0.4) is 0 Å². The van der Waals surface area contributed by atoms with Gasteiger partial charge in [0.2, 0.25) is 0 Å². The molecule has 0 heterocycles. The standard InChI is InChI=1S/C12H10N2O3/c1-17-12-5-11(16)10(7-15)8(3-2-4-13)9(12)6-14/h5,7,16H,4,13H2,1H3. The molecule has 0 aliphatic rings. The first-order valence-corrected chi connectivity index (χ1v) is 4.67. The zero-order valence-corrected chi connectivity index (χ0v) is 9.15. The Morgan fingerprint density at radius 1 is 1.59 bits per heavy atom. The Labute approximate surface area is 98.4 Å². The molecule has 0 saturated carbocycles. The Hall–Kier alpha value is -2.50. The first-order chi connectivity index (χ1) is 8.19. The second kappa shape index (κ2) is 5.55. The first kappa shape index (κ1) is 12.6. The highest BCUT2D eigenvalue weighted by molar-refractivity contribution is 5.86. The van der Waals surface area contributed by atoms with Gasteiger partial charge in [0.15, 0.2) is 6.29 Å². The van der Waals surface area contributed by atoms with E-state index in [0.29, 0.717) is 6.29 Å². The van der Waals surface area contributed by atoms with Crippen LogP contribution in [0.15, 0.2) is 6.07 Å². The van der Waals surface area contributed by atoms with Crippen molar-refractivity contribution < 1.29 is 14.6 Å². The molecule has 0 aromatic heterocycles. The number of nitrogens with two attached hydrogens (primary N) is 1. The van der Waals surface area contributed by atoms with Crippen molar-refractivity contribution in [3.05, 3.63) is 22.8 Å². The van der Waals surface area contributed by atoms with Crippen molar-refractivity contribution in [3.8, 4) is 29.4 Å². The summed E-state index contributed by atoms with van der Waals surface area (Å²) < 4.78 is 4.94. The maximum absolute atomic E-state index is 10.9. The van der Waals surface area contributed by atoms with Crippen LogP contribution in [0.1, 0.15) is 21.5 Å². The molecule has 5 heteroatoms. The van der Waals surface area contributed by atoms with Crippen molar-refractivity contribution in [1.82, 2.24) is 0 Å². The van der Waals surface area contributed by atoms with E-state index >= 15 is 0 Å². The molecule has 0 fully saturated rings. The van der Waals surface area contributed by atoms with Crippen LogP contribution in [-0.4, -0.2) is 25.0 Å². The Balaban J connectivity index is 3.65. The number of benzene rings is 1. The van der Waals surface area contributed by atoms with Crippen molar-refractivity contribution in [2.24, 2.45) is 5.73 Å². The molecule has 0 aliphatic heterocycles. The van der Waals surface area contributed by atoms with E-state index in [1.165, 1.54) is 13.2 Å². The number of ether oxygens (including phenoxy) is 1. The normalized spacial score (nSPS) is 8.76. The topological polar surface area (TPSA) is 96.3 Å². The first-order valence-electron chi connectivity index (χ1n) is 4.67. The number of aldehydes is 1. The van der Waals surface area contributed by atoms with E-state index in [1.54, 1.807) is 0 Å². The molecule has 0 amide bonds. The molecule has 0 radical (unpaired) electrons. The van der Waals surface area contributed by atoms with Crippen LogP contribution in [0.25, 0.3) is 0 Å². The number of nitriles is 1. The van der Waals surface area contributed by atoms with Gasteiger partial charge in [-0.25, -0.2) is 0 Å². The van der Waals surface area contributed by atoms with Crippen molar-refractivity contribution in [1.29, 1.82) is 5.26 Å². The number of phenolic OH excluding ortho intramolecular Hbond substituents is 1. The van der Waals surface area contributed by atoms with Gasteiger partial charge >= 0.3 is 0 Å². The van der Waals surface area contributed by atoms with Crippen LogP contribution in [0, 0.1) is 23.2 Å². The van der Waals surface area contributed by atoms with Crippen LogP contribution in [0.4, 0.5) is 0 Å². The van der Waals surface area contributed by atoms with Crippen LogP contribution >= 0.6 is 0 Å². The average molecular weight is 230 g/mol. The van der Waals surface area contributed by atoms with E-state index in [0.717, 1.165) is 0 Å². The van der Waals surface area contributed by atoms with E-state index in [-0.39, 0.29) is 34.7 Å². The van der Waals surface area contributed by atoms with Gasteiger partial charge in [0.05, 0.1) is 24.8 Å². The maximum Gasteiger partial charge on any atom is 0.155 e. The molecule has 5 nitrogen and oxygen atoms in total. The predicted octanol–water partition coefficient (Wildman–Crippen LogP) is 0.395. The third-order valence-corrected chi connectivity index (χ3v) is 2.07. The van der Waals surface area contributed by atoms with Crippen LogP contribution in [-0.2, 0) is 0 Å². The fourth-order valence-corrected chi connectivity index (χ4v) is 1.32. The minimum atomic E-state index is -0.280. The SMILES string of the molecule is COc1cc(O)c(C=O)c(C#CCN)c1C#N. The van der Waals surface area contributed by atoms with Gasteiger partial charge in [0.1, 0.15) is 23.1 Å². The Morgan fingerprint density at radius 3 is 2.76 bits per heavy atom. The molecule has 1 aromatic carbocycles. The highest BCUT2D eigenvalue weighted by Gasteiger charge is 2.16. The van der Waals surface area contributed by atoms with Gasteiger partial charge in [-0.15, -0.1) is 0 Å². The van der Waals surface area contributed by atoms with E-state index in [2.05, 4.69) is 11.8 Å². The van der Waals surface area contributed by atoms with Crippen molar-refractivity contribution in [2.45, 2.75) is 0 Å². The second-order valence-corrected chi connectivity index (χ2v) is 3.00. The van der Waals surface area contributed by atoms with Crippen LogP contribution < -0.4 is 10.5 Å². The summed E-state index contributed by atoms with van der Waals surface area (Å²) in [5.74, 6) is 5.01. The molecule has 3 N–H and O–H groups in total. The summed E-state index contributed by atoms with van der Waals surface area (Å²) in [6, 6.07) is 3.09. The van der Waals surface area contributed by atoms with Gasteiger partial charge in [-0.3, -0.25) is 4.79 Å². The summed E-state index contributed by atoms with van der Waals surface area (Å²) in [5.41, 5.74) is 5.43. The predicted molar refractivity (Wildman–Crippen MR) is 60.7 cm³/mol. The molecule has 17 heavy (non-hydrogen) atoms. The van der Waals surface area contributed by atoms with Gasteiger partial charge in [-0.2, -0.15) is 5.26 Å². The minimum Gasteiger partial charge on any atom is -0.507 e. The third kappa shape index (κ3) is 2.36. The zero-order chi connectivity index (χ0) is 12.8. The number of hydrogen-bond donors (Lipinski definition) is 2. The van der Waals surface area contributed by atoms with Gasteiger partial charge in [-0.1, -0.05) is 11.8 Å². The number of nitrogens with zero attached hydrogens (tertiary/aromatic N) is 1. The molecule has 1 rings (SSSR count). The highest BCUT2D eigenvalue weighted by Crippen LogP contribution is 2.31. The van der Waals surface area contributed by atoms with Gasteiger partial charge in [0, 0.05) is 6.07 Å². The van der Waals surface area contributed by atoms with Crippen molar-refractivity contribution in [2.75, 3.05) is 13.7 Å².